The van der Waals surface area contributed by atoms with Crippen molar-refractivity contribution in [2.24, 2.45) is 0 Å². The van der Waals surface area contributed by atoms with Gasteiger partial charge in [-0.05, 0) is 60.6 Å². The number of hydrogen-bond donors (Lipinski definition) is 2. The van der Waals surface area contributed by atoms with Gasteiger partial charge >= 0.3 is 5.97 Å². The molecule has 4 rings (SSSR count). The zero-order valence-electron chi connectivity index (χ0n) is 24.7. The average Bonchev–Trinajstić information content (AvgIpc) is 3.50. The van der Waals surface area contributed by atoms with E-state index in [9.17, 15) is 19.5 Å². The number of carbonyl (C=O) groups excluding carboxylic acids is 3. The molecule has 3 atom stereocenters. The number of anilines is 1. The number of rotatable bonds is 11. The van der Waals surface area contributed by atoms with Crippen molar-refractivity contribution in [3.05, 3.63) is 95.3 Å². The van der Waals surface area contributed by atoms with Gasteiger partial charge < -0.3 is 25.0 Å². The number of likely N-dealkylation sites (N-methyl/N-ethyl adjacent to an activating group) is 1. The standard InChI is InChI=1S/C33H40N4O5/c1-22(2)26-18-27(20-34-19-26)36(3)21-30(38)28(16-23-10-6-5-7-11-23)35-31(39)24-12-8-13-25(17-24)32(40)37-15-9-14-29(37)33(41)42-4/h5-8,10-13,17-20,22,28-30,38H,9,14-16,21H2,1-4H3,(H,35,39). The molecule has 1 fully saturated rings. The molecule has 1 aromatic heterocycles. The van der Waals surface area contributed by atoms with Gasteiger partial charge in [0.1, 0.15) is 6.04 Å². The summed E-state index contributed by atoms with van der Waals surface area (Å²) in [5.74, 6) is -0.844. The Morgan fingerprint density at radius 1 is 1.07 bits per heavy atom. The van der Waals surface area contributed by atoms with Crippen molar-refractivity contribution in [1.29, 1.82) is 0 Å². The van der Waals surface area contributed by atoms with E-state index in [1.165, 1.54) is 18.1 Å². The highest BCUT2D eigenvalue weighted by atomic mass is 16.5. The van der Waals surface area contributed by atoms with Crippen LogP contribution in [-0.2, 0) is 16.0 Å². The Morgan fingerprint density at radius 2 is 1.81 bits per heavy atom. The second-order valence-corrected chi connectivity index (χ2v) is 11.1. The highest BCUT2D eigenvalue weighted by Crippen LogP contribution is 2.23. The number of esters is 1. The van der Waals surface area contributed by atoms with Crippen LogP contribution in [0.3, 0.4) is 0 Å². The molecule has 1 aliphatic rings. The number of hydrogen-bond acceptors (Lipinski definition) is 7. The van der Waals surface area contributed by atoms with E-state index < -0.39 is 30.1 Å². The Balaban J connectivity index is 1.51. The van der Waals surface area contributed by atoms with Crippen molar-refractivity contribution >= 4 is 23.5 Å². The Bertz CT molecular complexity index is 1380. The van der Waals surface area contributed by atoms with Crippen molar-refractivity contribution in [1.82, 2.24) is 15.2 Å². The van der Waals surface area contributed by atoms with E-state index in [1.54, 1.807) is 24.4 Å². The minimum absolute atomic E-state index is 0.267. The molecule has 2 heterocycles. The maximum atomic E-state index is 13.5. The first kappa shape index (κ1) is 30.7. The summed E-state index contributed by atoms with van der Waals surface area (Å²) in [4.78, 5) is 46.7. The number of carbonyl (C=O) groups is 3. The van der Waals surface area contributed by atoms with Crippen LogP contribution in [0.2, 0.25) is 0 Å². The quantitative estimate of drug-likeness (QED) is 0.336. The third kappa shape index (κ3) is 7.53. The highest BCUT2D eigenvalue weighted by molar-refractivity contribution is 6.01. The van der Waals surface area contributed by atoms with Crippen LogP contribution in [0.1, 0.15) is 64.4 Å². The van der Waals surface area contributed by atoms with Crippen LogP contribution >= 0.6 is 0 Å². The first-order chi connectivity index (χ1) is 20.2. The molecule has 9 nitrogen and oxygen atoms in total. The average molecular weight is 573 g/mol. The van der Waals surface area contributed by atoms with Crippen molar-refractivity contribution in [2.45, 2.75) is 57.2 Å². The van der Waals surface area contributed by atoms with Crippen molar-refractivity contribution in [3.8, 4) is 0 Å². The number of aromatic nitrogens is 1. The number of ether oxygens (including phenoxy) is 1. The zero-order chi connectivity index (χ0) is 30.2. The Kier molecular flexibility index (Phi) is 10.3. The maximum Gasteiger partial charge on any atom is 0.328 e. The van der Waals surface area contributed by atoms with Gasteiger partial charge in [-0.2, -0.15) is 0 Å². The Labute approximate surface area is 247 Å². The molecule has 0 aliphatic carbocycles. The zero-order valence-corrected chi connectivity index (χ0v) is 24.7. The fourth-order valence-electron chi connectivity index (χ4n) is 5.24. The first-order valence-corrected chi connectivity index (χ1v) is 14.4. The van der Waals surface area contributed by atoms with E-state index in [2.05, 4.69) is 30.2 Å². The fraction of sp³-hybridized carbons (Fsp3) is 0.394. The number of benzene rings is 2. The molecule has 0 radical (unpaired) electrons. The Morgan fingerprint density at radius 3 is 2.52 bits per heavy atom. The lowest BCUT2D eigenvalue weighted by Gasteiger charge is -2.29. The van der Waals surface area contributed by atoms with Crippen LogP contribution in [-0.4, -0.2) is 78.2 Å². The normalized spacial score (nSPS) is 16.1. The van der Waals surface area contributed by atoms with Gasteiger partial charge in [0.15, 0.2) is 0 Å². The second kappa shape index (κ2) is 14.1. The van der Waals surface area contributed by atoms with Crippen LogP contribution in [0.15, 0.2) is 73.1 Å². The summed E-state index contributed by atoms with van der Waals surface area (Å²) in [6.45, 7) is 4.92. The topological polar surface area (TPSA) is 112 Å². The minimum atomic E-state index is -0.905. The van der Waals surface area contributed by atoms with Gasteiger partial charge in [-0.3, -0.25) is 14.6 Å². The number of aliphatic hydroxyl groups excluding tert-OH is 1. The molecule has 1 aliphatic heterocycles. The first-order valence-electron chi connectivity index (χ1n) is 14.4. The van der Waals surface area contributed by atoms with Crippen molar-refractivity contribution in [2.75, 3.05) is 32.1 Å². The van der Waals surface area contributed by atoms with Crippen LogP contribution in [0.4, 0.5) is 5.69 Å². The maximum absolute atomic E-state index is 13.5. The summed E-state index contributed by atoms with van der Waals surface area (Å²) in [5, 5.41) is 14.4. The predicted molar refractivity (Wildman–Crippen MR) is 162 cm³/mol. The van der Waals surface area contributed by atoms with E-state index in [-0.39, 0.29) is 12.5 Å². The SMILES string of the molecule is COC(=O)C1CCCN1C(=O)c1cccc(C(=O)NC(Cc2ccccc2)C(O)CN(C)c2cncc(C(C)C)c2)c1. The second-order valence-electron chi connectivity index (χ2n) is 11.1. The lowest BCUT2D eigenvalue weighted by molar-refractivity contribution is -0.145. The summed E-state index contributed by atoms with van der Waals surface area (Å²) in [5.41, 5.74) is 3.56. The Hall–Kier alpha value is -4.24. The molecule has 42 heavy (non-hydrogen) atoms. The highest BCUT2D eigenvalue weighted by Gasteiger charge is 2.35. The monoisotopic (exact) mass is 572 g/mol. The summed E-state index contributed by atoms with van der Waals surface area (Å²) in [7, 11) is 3.20. The molecule has 0 bridgehead atoms. The molecule has 9 heteroatoms. The number of likely N-dealkylation sites (tertiary alicyclic amines) is 1. The summed E-state index contributed by atoms with van der Waals surface area (Å²) >= 11 is 0. The lowest BCUT2D eigenvalue weighted by atomic mass is 9.99. The number of nitrogens with one attached hydrogen (secondary N) is 1. The molecule has 2 aromatic carbocycles. The van der Waals surface area contributed by atoms with E-state index in [0.29, 0.717) is 42.9 Å². The molecule has 0 saturated carbocycles. The molecule has 0 spiro atoms. The number of pyridine rings is 1. The number of nitrogens with zero attached hydrogens (tertiary/aromatic N) is 3. The predicted octanol–water partition coefficient (Wildman–Crippen LogP) is 3.82. The van der Waals surface area contributed by atoms with E-state index in [0.717, 1.165) is 16.8 Å². The van der Waals surface area contributed by atoms with Crippen molar-refractivity contribution < 1.29 is 24.2 Å². The fourth-order valence-corrected chi connectivity index (χ4v) is 5.24. The van der Waals surface area contributed by atoms with E-state index in [4.69, 9.17) is 4.74 Å². The van der Waals surface area contributed by atoms with Gasteiger partial charge in [0.05, 0.1) is 31.1 Å². The molecular weight excluding hydrogens is 532 g/mol. The van der Waals surface area contributed by atoms with Crippen molar-refractivity contribution in [3.63, 3.8) is 0 Å². The number of amides is 2. The molecule has 2 N–H and O–H groups in total. The van der Waals surface area contributed by atoms with Crippen LogP contribution in [0.5, 0.6) is 0 Å². The molecule has 2 amide bonds. The van der Waals surface area contributed by atoms with Gasteiger partial charge in [-0.15, -0.1) is 0 Å². The van der Waals surface area contributed by atoms with Gasteiger partial charge in [-0.1, -0.05) is 50.2 Å². The molecule has 3 aromatic rings. The summed E-state index contributed by atoms with van der Waals surface area (Å²) < 4.78 is 4.87. The molecule has 222 valence electrons. The lowest BCUT2D eigenvalue weighted by Crippen LogP contribution is -2.49. The third-order valence-corrected chi connectivity index (χ3v) is 7.75. The minimum Gasteiger partial charge on any atom is -0.467 e. The van der Waals surface area contributed by atoms with Gasteiger partial charge in [0.2, 0.25) is 0 Å². The number of aliphatic hydroxyl groups is 1. The van der Waals surface area contributed by atoms with Crippen LogP contribution in [0.25, 0.3) is 0 Å². The largest absolute Gasteiger partial charge is 0.467 e. The van der Waals surface area contributed by atoms with Gasteiger partial charge in [0, 0.05) is 37.5 Å². The van der Waals surface area contributed by atoms with Crippen LogP contribution in [0, 0.1) is 0 Å². The smallest absolute Gasteiger partial charge is 0.328 e. The van der Waals surface area contributed by atoms with Crippen LogP contribution < -0.4 is 10.2 Å². The third-order valence-electron chi connectivity index (χ3n) is 7.75. The molecule has 3 unspecified atom stereocenters. The van der Waals surface area contributed by atoms with Gasteiger partial charge in [0.25, 0.3) is 11.8 Å². The van der Waals surface area contributed by atoms with E-state index in [1.807, 2.05) is 48.5 Å². The molecular formula is C33H40N4O5. The molecule has 1 saturated heterocycles. The van der Waals surface area contributed by atoms with Gasteiger partial charge in [-0.25, -0.2) is 4.79 Å². The summed E-state index contributed by atoms with van der Waals surface area (Å²) in [6.07, 6.45) is 4.36. The van der Waals surface area contributed by atoms with E-state index >= 15 is 0 Å². The summed E-state index contributed by atoms with van der Waals surface area (Å²) in [6, 6.07) is 17.0. The number of methoxy groups -OCH3 is 1.